The number of ether oxygens (including phenoxy) is 2. The van der Waals surface area contributed by atoms with Crippen LogP contribution in [-0.2, 0) is 0 Å². The molecule has 1 aliphatic carbocycles. The van der Waals surface area contributed by atoms with Crippen LogP contribution in [0.5, 0.6) is 11.5 Å². The van der Waals surface area contributed by atoms with Crippen LogP contribution in [0.4, 0.5) is 0 Å². The maximum Gasteiger partial charge on any atom is 0.124 e. The van der Waals surface area contributed by atoms with E-state index in [1.165, 1.54) is 31.2 Å². The van der Waals surface area contributed by atoms with Crippen molar-refractivity contribution in [3.05, 3.63) is 23.8 Å². The highest BCUT2D eigenvalue weighted by atomic mass is 16.5. The van der Waals surface area contributed by atoms with Crippen molar-refractivity contribution >= 4 is 0 Å². The molecule has 1 aliphatic heterocycles. The minimum Gasteiger partial charge on any atom is -0.497 e. The van der Waals surface area contributed by atoms with Crippen LogP contribution in [0.15, 0.2) is 18.2 Å². The number of benzene rings is 1. The fourth-order valence-corrected chi connectivity index (χ4v) is 3.07. The third kappa shape index (κ3) is 3.09. The van der Waals surface area contributed by atoms with Gasteiger partial charge in [0.1, 0.15) is 11.5 Å². The van der Waals surface area contributed by atoms with Crippen LogP contribution in [0.2, 0.25) is 0 Å². The zero-order valence-corrected chi connectivity index (χ0v) is 12.5. The molecule has 0 saturated heterocycles. The first-order chi connectivity index (χ1) is 9.80. The van der Waals surface area contributed by atoms with E-state index < -0.39 is 0 Å². The second kappa shape index (κ2) is 6.04. The molecule has 0 bridgehead atoms. The summed E-state index contributed by atoms with van der Waals surface area (Å²) in [7, 11) is 1.72. The quantitative estimate of drug-likeness (QED) is 0.859. The lowest BCUT2D eigenvalue weighted by atomic mass is 9.97. The summed E-state index contributed by atoms with van der Waals surface area (Å²) in [6.07, 6.45) is 6.42. The van der Waals surface area contributed by atoms with Gasteiger partial charge in [0.25, 0.3) is 0 Å². The molecule has 0 amide bonds. The molecule has 1 aromatic rings. The Morgan fingerprint density at radius 2 is 2.20 bits per heavy atom. The Kier molecular flexibility index (Phi) is 4.16. The maximum atomic E-state index is 5.77. The summed E-state index contributed by atoms with van der Waals surface area (Å²) in [5, 5.41) is 3.85. The summed E-state index contributed by atoms with van der Waals surface area (Å²) in [6.45, 7) is 3.09. The van der Waals surface area contributed by atoms with E-state index in [1.807, 2.05) is 12.1 Å². The van der Waals surface area contributed by atoms with Crippen LogP contribution in [0, 0.1) is 5.92 Å². The summed E-state index contributed by atoms with van der Waals surface area (Å²) in [5.74, 6) is 2.89. The van der Waals surface area contributed by atoms with Crippen molar-refractivity contribution in [1.82, 2.24) is 5.32 Å². The van der Waals surface area contributed by atoms with Crippen molar-refractivity contribution < 1.29 is 9.47 Å². The van der Waals surface area contributed by atoms with Crippen LogP contribution >= 0.6 is 0 Å². The van der Waals surface area contributed by atoms with E-state index in [-0.39, 0.29) is 0 Å². The van der Waals surface area contributed by atoms with Gasteiger partial charge in [-0.15, -0.1) is 0 Å². The van der Waals surface area contributed by atoms with Gasteiger partial charge in [-0.3, -0.25) is 0 Å². The monoisotopic (exact) mass is 275 g/mol. The lowest BCUT2D eigenvalue weighted by Crippen LogP contribution is -2.35. The van der Waals surface area contributed by atoms with Gasteiger partial charge in [-0.25, -0.2) is 0 Å². The number of nitrogens with one attached hydrogen (secondary N) is 1. The summed E-state index contributed by atoms with van der Waals surface area (Å²) >= 11 is 0. The maximum absolute atomic E-state index is 5.77. The molecule has 1 fully saturated rings. The molecule has 1 saturated carbocycles. The first-order valence-electron chi connectivity index (χ1n) is 7.87. The van der Waals surface area contributed by atoms with Crippen LogP contribution in [0.25, 0.3) is 0 Å². The van der Waals surface area contributed by atoms with Crippen molar-refractivity contribution in [2.45, 2.75) is 51.1 Å². The van der Waals surface area contributed by atoms with Crippen LogP contribution < -0.4 is 14.8 Å². The molecular weight excluding hydrogens is 250 g/mol. The van der Waals surface area contributed by atoms with Crippen molar-refractivity contribution in [2.75, 3.05) is 13.7 Å². The highest BCUT2D eigenvalue weighted by Gasteiger charge is 2.28. The molecule has 1 aromatic carbocycles. The van der Waals surface area contributed by atoms with E-state index in [0.717, 1.165) is 30.4 Å². The van der Waals surface area contributed by atoms with E-state index >= 15 is 0 Å². The first kappa shape index (κ1) is 13.7. The number of rotatable bonds is 6. The van der Waals surface area contributed by atoms with Gasteiger partial charge in [-0.1, -0.05) is 19.8 Å². The van der Waals surface area contributed by atoms with E-state index in [2.05, 4.69) is 18.3 Å². The summed E-state index contributed by atoms with van der Waals surface area (Å²) < 4.78 is 11.1. The molecule has 2 unspecified atom stereocenters. The van der Waals surface area contributed by atoms with Gasteiger partial charge in [0.2, 0.25) is 0 Å². The van der Waals surface area contributed by atoms with E-state index in [4.69, 9.17) is 9.47 Å². The third-order valence-corrected chi connectivity index (χ3v) is 4.50. The van der Waals surface area contributed by atoms with Crippen molar-refractivity contribution in [2.24, 2.45) is 5.92 Å². The van der Waals surface area contributed by atoms with Crippen molar-refractivity contribution in [1.29, 1.82) is 0 Å². The normalized spacial score (nSPS) is 22.8. The first-order valence-corrected chi connectivity index (χ1v) is 7.87. The predicted octanol–water partition coefficient (Wildman–Crippen LogP) is 3.69. The Labute approximate surface area is 121 Å². The van der Waals surface area contributed by atoms with Gasteiger partial charge < -0.3 is 14.8 Å². The minimum absolute atomic E-state index is 0.401. The summed E-state index contributed by atoms with van der Waals surface area (Å²) in [5.41, 5.74) is 1.25. The molecule has 0 aromatic heterocycles. The Hall–Kier alpha value is -1.22. The molecule has 3 nitrogen and oxygen atoms in total. The average molecular weight is 275 g/mol. The fourth-order valence-electron chi connectivity index (χ4n) is 3.07. The summed E-state index contributed by atoms with van der Waals surface area (Å²) in [4.78, 5) is 0. The Morgan fingerprint density at radius 1 is 1.35 bits per heavy atom. The Morgan fingerprint density at radius 3 is 2.90 bits per heavy atom. The molecule has 0 spiro atoms. The zero-order valence-electron chi connectivity index (χ0n) is 12.5. The van der Waals surface area contributed by atoms with Gasteiger partial charge >= 0.3 is 0 Å². The zero-order chi connectivity index (χ0) is 13.9. The third-order valence-electron chi connectivity index (χ3n) is 4.50. The molecule has 3 heteroatoms. The van der Waals surface area contributed by atoms with Gasteiger partial charge in [-0.05, 0) is 37.0 Å². The van der Waals surface area contributed by atoms with E-state index in [9.17, 15) is 0 Å². The molecule has 2 atom stereocenters. The minimum atomic E-state index is 0.401. The number of hydrogen-bond donors (Lipinski definition) is 1. The summed E-state index contributed by atoms with van der Waals surface area (Å²) in [6, 6.07) is 7.16. The highest BCUT2D eigenvalue weighted by Crippen LogP contribution is 2.37. The number of hydrogen-bond acceptors (Lipinski definition) is 3. The molecule has 20 heavy (non-hydrogen) atoms. The predicted molar refractivity (Wildman–Crippen MR) is 80.4 cm³/mol. The van der Waals surface area contributed by atoms with Crippen molar-refractivity contribution in [3.63, 3.8) is 0 Å². The number of fused-ring (bicyclic) bond motifs is 1. The van der Waals surface area contributed by atoms with Crippen molar-refractivity contribution in [3.8, 4) is 11.5 Å². The van der Waals surface area contributed by atoms with Gasteiger partial charge in [-0.2, -0.15) is 0 Å². The molecule has 2 aliphatic rings. The largest absolute Gasteiger partial charge is 0.497 e. The second-order valence-corrected chi connectivity index (χ2v) is 6.04. The second-order valence-electron chi connectivity index (χ2n) is 6.04. The topological polar surface area (TPSA) is 30.5 Å². The molecule has 1 N–H and O–H groups in total. The fraction of sp³-hybridized carbons (Fsp3) is 0.647. The average Bonchev–Trinajstić information content (AvgIpc) is 3.30. The van der Waals surface area contributed by atoms with Gasteiger partial charge in [0.15, 0.2) is 0 Å². The molecule has 110 valence electrons. The van der Waals surface area contributed by atoms with Crippen LogP contribution in [0.1, 0.15) is 50.6 Å². The van der Waals surface area contributed by atoms with Crippen LogP contribution in [0.3, 0.4) is 0 Å². The van der Waals surface area contributed by atoms with Gasteiger partial charge in [0.05, 0.1) is 13.7 Å². The lowest BCUT2D eigenvalue weighted by molar-refractivity contribution is 0.238. The smallest absolute Gasteiger partial charge is 0.124 e. The Balaban J connectivity index is 1.73. The van der Waals surface area contributed by atoms with Gasteiger partial charge in [0, 0.05) is 24.1 Å². The number of methoxy groups -OCH3 is 1. The SMILES string of the molecule is CCC(CC1CC1)NC1CCOc2ccc(OC)cc21. The molecular formula is C17H25NO2. The molecule has 3 rings (SSSR count). The highest BCUT2D eigenvalue weighted by molar-refractivity contribution is 5.43. The van der Waals surface area contributed by atoms with E-state index in [0.29, 0.717) is 12.1 Å². The molecule has 1 heterocycles. The van der Waals surface area contributed by atoms with Crippen LogP contribution in [-0.4, -0.2) is 19.8 Å². The molecule has 0 radical (unpaired) electrons. The Bertz CT molecular complexity index is 456. The lowest BCUT2D eigenvalue weighted by Gasteiger charge is -2.30. The standard InChI is InChI=1S/C17H25NO2/c1-3-13(10-12-4-5-12)18-16-8-9-20-17-7-6-14(19-2)11-15(16)17/h6-7,11-13,16,18H,3-5,8-10H2,1-2H3. The van der Waals surface area contributed by atoms with E-state index in [1.54, 1.807) is 7.11 Å².